The molecule has 1 aliphatic heterocycles. The van der Waals surface area contributed by atoms with Crippen LogP contribution >= 0.6 is 0 Å². The number of amides is 1. The molecule has 4 heteroatoms. The number of benzene rings is 3. The van der Waals surface area contributed by atoms with Crippen molar-refractivity contribution in [1.82, 2.24) is 0 Å². The molecule has 3 aromatic rings. The first-order valence-corrected chi connectivity index (χ1v) is 9.53. The molecule has 1 N–H and O–H groups in total. The molecule has 4 nitrogen and oxygen atoms in total. The van der Waals surface area contributed by atoms with E-state index in [0.717, 1.165) is 41.2 Å². The predicted molar refractivity (Wildman–Crippen MR) is 109 cm³/mol. The van der Waals surface area contributed by atoms with Crippen LogP contribution in [-0.2, 0) is 10.2 Å². The lowest BCUT2D eigenvalue weighted by Gasteiger charge is -2.16. The van der Waals surface area contributed by atoms with Crippen molar-refractivity contribution in [2.75, 3.05) is 12.1 Å². The lowest BCUT2D eigenvalue weighted by atomic mass is 9.94. The Morgan fingerprint density at radius 1 is 0.893 bits per heavy atom. The molecule has 28 heavy (non-hydrogen) atoms. The van der Waals surface area contributed by atoms with Gasteiger partial charge >= 0.3 is 0 Å². The molecule has 2 aliphatic rings. The molecule has 1 heterocycles. The summed E-state index contributed by atoms with van der Waals surface area (Å²) >= 11 is 0. The topological polar surface area (TPSA) is 47.6 Å². The minimum Gasteiger partial charge on any atom is -0.454 e. The van der Waals surface area contributed by atoms with E-state index in [4.69, 9.17) is 9.47 Å². The number of carbonyl (C=O) groups excluding carboxylic acids is 1. The Hall–Kier alpha value is -3.27. The zero-order valence-electron chi connectivity index (χ0n) is 15.7. The van der Waals surface area contributed by atoms with Crippen molar-refractivity contribution in [1.29, 1.82) is 0 Å². The summed E-state index contributed by atoms with van der Waals surface area (Å²) in [4.78, 5) is 13.0. The SMILES string of the molecule is Cc1cccc(-c2ccc(NC(=O)C3(c4ccc5c(c4)OCO5)CC3)cc2)c1. The van der Waals surface area contributed by atoms with Crippen molar-refractivity contribution in [2.45, 2.75) is 25.2 Å². The van der Waals surface area contributed by atoms with Gasteiger partial charge in [0.05, 0.1) is 5.41 Å². The molecular formula is C24H21NO3. The number of aryl methyl sites for hydroxylation is 1. The highest BCUT2D eigenvalue weighted by Crippen LogP contribution is 2.51. The second kappa shape index (κ2) is 6.41. The van der Waals surface area contributed by atoms with Gasteiger partial charge in [-0.2, -0.15) is 0 Å². The van der Waals surface area contributed by atoms with Gasteiger partial charge in [-0.05, 0) is 60.7 Å². The number of nitrogens with one attached hydrogen (secondary N) is 1. The predicted octanol–water partition coefficient (Wildman–Crippen LogP) is 5.06. The highest BCUT2D eigenvalue weighted by molar-refractivity contribution is 6.01. The largest absolute Gasteiger partial charge is 0.454 e. The van der Waals surface area contributed by atoms with E-state index >= 15 is 0 Å². The van der Waals surface area contributed by atoms with Crippen molar-refractivity contribution >= 4 is 11.6 Å². The minimum absolute atomic E-state index is 0.0367. The van der Waals surface area contributed by atoms with Crippen LogP contribution in [0.3, 0.4) is 0 Å². The van der Waals surface area contributed by atoms with E-state index in [0.29, 0.717) is 0 Å². The monoisotopic (exact) mass is 371 g/mol. The Balaban J connectivity index is 1.34. The summed E-state index contributed by atoms with van der Waals surface area (Å²) in [7, 11) is 0. The van der Waals surface area contributed by atoms with Gasteiger partial charge in [0.25, 0.3) is 0 Å². The van der Waals surface area contributed by atoms with Gasteiger partial charge in [-0.1, -0.05) is 48.0 Å². The van der Waals surface area contributed by atoms with Gasteiger partial charge in [-0.25, -0.2) is 0 Å². The lowest BCUT2D eigenvalue weighted by molar-refractivity contribution is -0.118. The number of fused-ring (bicyclic) bond motifs is 1. The van der Waals surface area contributed by atoms with Crippen LogP contribution in [0.25, 0.3) is 11.1 Å². The summed E-state index contributed by atoms with van der Waals surface area (Å²) in [5, 5.41) is 3.09. The average molecular weight is 371 g/mol. The molecule has 1 amide bonds. The zero-order valence-corrected chi connectivity index (χ0v) is 15.7. The molecule has 5 rings (SSSR count). The molecule has 0 saturated heterocycles. The molecule has 1 fully saturated rings. The Kier molecular flexibility index (Phi) is 3.86. The zero-order chi connectivity index (χ0) is 19.1. The van der Waals surface area contributed by atoms with Crippen molar-refractivity contribution in [3.63, 3.8) is 0 Å². The van der Waals surface area contributed by atoms with Crippen molar-refractivity contribution in [3.05, 3.63) is 77.9 Å². The van der Waals surface area contributed by atoms with Crippen molar-refractivity contribution in [3.8, 4) is 22.6 Å². The highest BCUT2D eigenvalue weighted by atomic mass is 16.7. The first kappa shape index (κ1) is 16.9. The van der Waals surface area contributed by atoms with E-state index in [9.17, 15) is 4.79 Å². The molecule has 0 radical (unpaired) electrons. The van der Waals surface area contributed by atoms with Crippen molar-refractivity contribution in [2.24, 2.45) is 0 Å². The summed E-state index contributed by atoms with van der Waals surface area (Å²) in [6.45, 7) is 2.33. The van der Waals surface area contributed by atoms with Crippen LogP contribution in [0.2, 0.25) is 0 Å². The molecule has 0 bridgehead atoms. The standard InChI is InChI=1S/C24H21NO3/c1-16-3-2-4-18(13-16)17-5-8-20(9-6-17)25-23(26)24(11-12-24)19-7-10-21-22(14-19)28-15-27-21/h2-10,13-14H,11-12,15H2,1H3,(H,25,26). The van der Waals surface area contributed by atoms with Gasteiger partial charge in [0.1, 0.15) is 0 Å². The molecule has 1 saturated carbocycles. The summed E-state index contributed by atoms with van der Waals surface area (Å²) in [5.74, 6) is 1.50. The fourth-order valence-corrected chi connectivity index (χ4v) is 3.79. The maximum absolute atomic E-state index is 13.0. The molecule has 1 aliphatic carbocycles. The third kappa shape index (κ3) is 2.91. The van der Waals surface area contributed by atoms with Crippen LogP contribution in [0.5, 0.6) is 11.5 Å². The van der Waals surface area contributed by atoms with Crippen LogP contribution in [0.4, 0.5) is 5.69 Å². The fourth-order valence-electron chi connectivity index (χ4n) is 3.79. The van der Waals surface area contributed by atoms with Crippen LogP contribution < -0.4 is 14.8 Å². The first-order chi connectivity index (χ1) is 13.6. The fraction of sp³-hybridized carbons (Fsp3) is 0.208. The quantitative estimate of drug-likeness (QED) is 0.697. The molecule has 0 spiro atoms. The van der Waals surface area contributed by atoms with E-state index in [-0.39, 0.29) is 12.7 Å². The normalized spacial score (nSPS) is 15.9. The maximum atomic E-state index is 13.0. The minimum atomic E-state index is -0.462. The third-order valence-corrected chi connectivity index (χ3v) is 5.60. The summed E-state index contributed by atoms with van der Waals surface area (Å²) in [6.07, 6.45) is 1.69. The van der Waals surface area contributed by atoms with E-state index < -0.39 is 5.41 Å². The summed E-state index contributed by atoms with van der Waals surface area (Å²) in [5.41, 5.74) is 4.89. The van der Waals surface area contributed by atoms with E-state index in [1.54, 1.807) is 0 Å². The number of hydrogen-bond acceptors (Lipinski definition) is 3. The van der Waals surface area contributed by atoms with Gasteiger partial charge < -0.3 is 14.8 Å². The number of rotatable bonds is 4. The Morgan fingerprint density at radius 2 is 1.68 bits per heavy atom. The van der Waals surface area contributed by atoms with Crippen LogP contribution in [0.1, 0.15) is 24.0 Å². The van der Waals surface area contributed by atoms with Crippen LogP contribution in [0.15, 0.2) is 66.7 Å². The number of anilines is 1. The Morgan fingerprint density at radius 3 is 2.43 bits per heavy atom. The molecule has 0 aromatic heterocycles. The number of hydrogen-bond donors (Lipinski definition) is 1. The second-order valence-electron chi connectivity index (χ2n) is 7.55. The Labute approximate surface area is 164 Å². The molecule has 0 unspecified atom stereocenters. The third-order valence-electron chi connectivity index (χ3n) is 5.60. The smallest absolute Gasteiger partial charge is 0.235 e. The van der Waals surface area contributed by atoms with Gasteiger partial charge in [-0.15, -0.1) is 0 Å². The second-order valence-corrected chi connectivity index (χ2v) is 7.55. The number of carbonyl (C=O) groups is 1. The number of ether oxygens (including phenoxy) is 2. The molecular weight excluding hydrogens is 350 g/mol. The van der Waals surface area contributed by atoms with Gasteiger partial charge in [0, 0.05) is 5.69 Å². The van der Waals surface area contributed by atoms with Gasteiger partial charge in [-0.3, -0.25) is 4.79 Å². The van der Waals surface area contributed by atoms with Crippen molar-refractivity contribution < 1.29 is 14.3 Å². The van der Waals surface area contributed by atoms with E-state index in [2.05, 4.69) is 36.5 Å². The lowest BCUT2D eigenvalue weighted by Crippen LogP contribution is -2.27. The van der Waals surface area contributed by atoms with E-state index in [1.807, 2.05) is 42.5 Å². The van der Waals surface area contributed by atoms with Gasteiger partial charge in [0.15, 0.2) is 11.5 Å². The van der Waals surface area contributed by atoms with Crippen LogP contribution in [-0.4, -0.2) is 12.7 Å². The first-order valence-electron chi connectivity index (χ1n) is 9.53. The maximum Gasteiger partial charge on any atom is 0.235 e. The van der Waals surface area contributed by atoms with E-state index in [1.165, 1.54) is 11.1 Å². The molecule has 3 aromatic carbocycles. The Bertz CT molecular complexity index is 1050. The molecule has 0 atom stereocenters. The van der Waals surface area contributed by atoms with Gasteiger partial charge in [0.2, 0.25) is 12.7 Å². The summed E-state index contributed by atoms with van der Waals surface area (Å²) < 4.78 is 10.8. The molecule has 140 valence electrons. The summed E-state index contributed by atoms with van der Waals surface area (Å²) in [6, 6.07) is 22.2. The average Bonchev–Trinajstić information content (AvgIpc) is 3.40. The van der Waals surface area contributed by atoms with Crippen LogP contribution in [0, 0.1) is 6.92 Å². The highest BCUT2D eigenvalue weighted by Gasteiger charge is 2.51.